The van der Waals surface area contributed by atoms with Crippen molar-refractivity contribution in [1.29, 1.82) is 0 Å². The summed E-state index contributed by atoms with van der Waals surface area (Å²) in [5, 5.41) is 9.66. The van der Waals surface area contributed by atoms with Gasteiger partial charge in [-0.3, -0.25) is 0 Å². The van der Waals surface area contributed by atoms with Gasteiger partial charge in [0.15, 0.2) is 0 Å². The average Bonchev–Trinajstić information content (AvgIpc) is 2.30. The van der Waals surface area contributed by atoms with E-state index in [-0.39, 0.29) is 5.82 Å². The number of benzene rings is 1. The lowest BCUT2D eigenvalue weighted by Crippen LogP contribution is -2.33. The molecule has 2 nitrogen and oxygen atoms in total. The van der Waals surface area contributed by atoms with Gasteiger partial charge in [0.1, 0.15) is 5.82 Å². The van der Waals surface area contributed by atoms with Crippen molar-refractivity contribution in [3.63, 3.8) is 0 Å². The minimum atomic E-state index is -0.625. The predicted octanol–water partition coefficient (Wildman–Crippen LogP) is 2.43. The number of halogens is 1. The molecule has 1 fully saturated rings. The Morgan fingerprint density at radius 3 is 2.69 bits per heavy atom. The molecule has 2 rings (SSSR count). The SMILES string of the molecule is C[C@@H](O)c1cc(F)ccc1N1CCSCC1. The second-order valence-corrected chi connectivity index (χ2v) is 5.20. The van der Waals surface area contributed by atoms with Gasteiger partial charge in [-0.05, 0) is 25.1 Å². The summed E-state index contributed by atoms with van der Waals surface area (Å²) >= 11 is 1.93. The van der Waals surface area contributed by atoms with Crippen molar-refractivity contribution < 1.29 is 9.50 Å². The molecule has 0 aliphatic carbocycles. The number of rotatable bonds is 2. The lowest BCUT2D eigenvalue weighted by molar-refractivity contribution is 0.199. The first-order valence-electron chi connectivity index (χ1n) is 5.48. The van der Waals surface area contributed by atoms with Gasteiger partial charge in [0.05, 0.1) is 6.10 Å². The van der Waals surface area contributed by atoms with Gasteiger partial charge in [-0.15, -0.1) is 0 Å². The van der Waals surface area contributed by atoms with Gasteiger partial charge in [0.2, 0.25) is 0 Å². The maximum atomic E-state index is 13.1. The molecule has 1 aromatic carbocycles. The fourth-order valence-corrected chi connectivity index (χ4v) is 2.86. The second kappa shape index (κ2) is 5.06. The van der Waals surface area contributed by atoms with Crippen LogP contribution < -0.4 is 4.90 Å². The molecular weight excluding hydrogens is 225 g/mol. The van der Waals surface area contributed by atoms with Crippen LogP contribution in [-0.2, 0) is 0 Å². The zero-order valence-corrected chi connectivity index (χ0v) is 10.1. The van der Waals surface area contributed by atoms with E-state index >= 15 is 0 Å². The molecule has 16 heavy (non-hydrogen) atoms. The third-order valence-corrected chi connectivity index (χ3v) is 3.73. The highest BCUT2D eigenvalue weighted by molar-refractivity contribution is 7.99. The van der Waals surface area contributed by atoms with Crippen LogP contribution >= 0.6 is 11.8 Å². The molecule has 1 saturated heterocycles. The highest BCUT2D eigenvalue weighted by Crippen LogP contribution is 2.29. The highest BCUT2D eigenvalue weighted by Gasteiger charge is 2.17. The van der Waals surface area contributed by atoms with E-state index in [0.29, 0.717) is 5.56 Å². The Labute approximate surface area is 99.5 Å². The summed E-state index contributed by atoms with van der Waals surface area (Å²) < 4.78 is 13.1. The van der Waals surface area contributed by atoms with E-state index < -0.39 is 6.10 Å². The summed E-state index contributed by atoms with van der Waals surface area (Å²) in [5.41, 5.74) is 1.66. The molecule has 4 heteroatoms. The Kier molecular flexibility index (Phi) is 3.71. The molecule has 1 heterocycles. The third kappa shape index (κ3) is 2.50. The molecule has 0 spiro atoms. The Balaban J connectivity index is 2.31. The summed E-state index contributed by atoms with van der Waals surface area (Å²) in [4.78, 5) is 2.22. The fraction of sp³-hybridized carbons (Fsp3) is 0.500. The van der Waals surface area contributed by atoms with Crippen LogP contribution in [-0.4, -0.2) is 29.7 Å². The van der Waals surface area contributed by atoms with Crippen LogP contribution in [0.2, 0.25) is 0 Å². The fourth-order valence-electron chi connectivity index (χ4n) is 1.95. The smallest absolute Gasteiger partial charge is 0.123 e. The van der Waals surface area contributed by atoms with Gasteiger partial charge in [-0.2, -0.15) is 11.8 Å². The minimum absolute atomic E-state index is 0.286. The molecule has 1 aliphatic rings. The van der Waals surface area contributed by atoms with Crippen molar-refractivity contribution in [2.24, 2.45) is 0 Å². The predicted molar refractivity (Wildman–Crippen MR) is 66.6 cm³/mol. The van der Waals surface area contributed by atoms with Gasteiger partial charge < -0.3 is 10.0 Å². The first kappa shape index (κ1) is 11.7. The Bertz CT molecular complexity index is 364. The number of aliphatic hydroxyl groups is 1. The van der Waals surface area contributed by atoms with Gasteiger partial charge >= 0.3 is 0 Å². The van der Waals surface area contributed by atoms with Crippen LogP contribution in [0.5, 0.6) is 0 Å². The number of aliphatic hydroxyl groups excluding tert-OH is 1. The number of thioether (sulfide) groups is 1. The quantitative estimate of drug-likeness (QED) is 0.860. The zero-order valence-electron chi connectivity index (χ0n) is 9.32. The zero-order chi connectivity index (χ0) is 11.5. The van der Waals surface area contributed by atoms with E-state index in [2.05, 4.69) is 4.90 Å². The van der Waals surface area contributed by atoms with E-state index in [1.165, 1.54) is 12.1 Å². The maximum Gasteiger partial charge on any atom is 0.123 e. The van der Waals surface area contributed by atoms with Crippen molar-refractivity contribution >= 4 is 17.4 Å². The van der Waals surface area contributed by atoms with Crippen molar-refractivity contribution in [2.45, 2.75) is 13.0 Å². The van der Waals surface area contributed by atoms with Gasteiger partial charge in [0, 0.05) is 35.8 Å². The summed E-state index contributed by atoms with van der Waals surface area (Å²) in [5.74, 6) is 1.90. The molecule has 1 aliphatic heterocycles. The lowest BCUT2D eigenvalue weighted by Gasteiger charge is -2.31. The van der Waals surface area contributed by atoms with Crippen LogP contribution in [0.1, 0.15) is 18.6 Å². The molecule has 0 bridgehead atoms. The largest absolute Gasteiger partial charge is 0.389 e. The molecule has 0 unspecified atom stereocenters. The normalized spacial score (nSPS) is 18.6. The molecule has 0 saturated carbocycles. The van der Waals surface area contributed by atoms with Crippen molar-refractivity contribution in [2.75, 3.05) is 29.5 Å². The Hall–Kier alpha value is -0.740. The van der Waals surface area contributed by atoms with Gasteiger partial charge in [-0.1, -0.05) is 0 Å². The second-order valence-electron chi connectivity index (χ2n) is 3.98. The van der Waals surface area contributed by atoms with E-state index in [9.17, 15) is 9.50 Å². The highest BCUT2D eigenvalue weighted by atomic mass is 32.2. The van der Waals surface area contributed by atoms with Crippen LogP contribution in [0, 0.1) is 5.82 Å². The monoisotopic (exact) mass is 241 g/mol. The van der Waals surface area contributed by atoms with E-state index in [0.717, 1.165) is 30.3 Å². The van der Waals surface area contributed by atoms with E-state index in [4.69, 9.17) is 0 Å². The molecule has 88 valence electrons. The summed E-state index contributed by atoms with van der Waals surface area (Å²) in [6, 6.07) is 4.66. The van der Waals surface area contributed by atoms with E-state index in [1.807, 2.05) is 11.8 Å². The van der Waals surface area contributed by atoms with Crippen LogP contribution in [0.25, 0.3) is 0 Å². The Morgan fingerprint density at radius 2 is 2.06 bits per heavy atom. The van der Waals surface area contributed by atoms with Gasteiger partial charge in [0.25, 0.3) is 0 Å². The summed E-state index contributed by atoms with van der Waals surface area (Å²) in [6.07, 6.45) is -0.625. The van der Waals surface area contributed by atoms with Crippen LogP contribution in [0.4, 0.5) is 10.1 Å². The summed E-state index contributed by atoms with van der Waals surface area (Å²) in [6.45, 7) is 3.61. The maximum absolute atomic E-state index is 13.1. The molecule has 1 atom stereocenters. The number of hydrogen-bond donors (Lipinski definition) is 1. The summed E-state index contributed by atoms with van der Waals surface area (Å²) in [7, 11) is 0. The molecule has 0 aromatic heterocycles. The first-order chi connectivity index (χ1) is 7.68. The van der Waals surface area contributed by atoms with Crippen molar-refractivity contribution in [3.8, 4) is 0 Å². The van der Waals surface area contributed by atoms with Crippen molar-refractivity contribution in [3.05, 3.63) is 29.6 Å². The molecule has 0 amide bonds. The molecular formula is C12H16FNOS. The number of hydrogen-bond acceptors (Lipinski definition) is 3. The van der Waals surface area contributed by atoms with E-state index in [1.54, 1.807) is 13.0 Å². The molecule has 1 aromatic rings. The van der Waals surface area contributed by atoms with Crippen LogP contribution in [0.3, 0.4) is 0 Å². The Morgan fingerprint density at radius 1 is 1.38 bits per heavy atom. The van der Waals surface area contributed by atoms with Gasteiger partial charge in [-0.25, -0.2) is 4.39 Å². The van der Waals surface area contributed by atoms with Crippen LogP contribution in [0.15, 0.2) is 18.2 Å². The lowest BCUT2D eigenvalue weighted by atomic mass is 10.1. The average molecular weight is 241 g/mol. The molecule has 1 N–H and O–H groups in total. The molecule has 0 radical (unpaired) electrons. The third-order valence-electron chi connectivity index (χ3n) is 2.79. The van der Waals surface area contributed by atoms with Crippen molar-refractivity contribution in [1.82, 2.24) is 0 Å². The number of nitrogens with zero attached hydrogens (tertiary/aromatic N) is 1. The topological polar surface area (TPSA) is 23.5 Å². The first-order valence-corrected chi connectivity index (χ1v) is 6.64. The standard InChI is InChI=1S/C12H16FNOS/c1-9(15)11-8-10(13)2-3-12(11)14-4-6-16-7-5-14/h2-3,8-9,15H,4-7H2,1H3/t9-/m1/s1. The minimum Gasteiger partial charge on any atom is -0.389 e. The number of anilines is 1.